The molecule has 3 N–H and O–H groups in total. The molecular weight excluding hydrogens is 626 g/mol. The van der Waals surface area contributed by atoms with Crippen LogP contribution in [0.2, 0.25) is 0 Å². The number of amides is 2. The topological polar surface area (TPSA) is 163 Å². The lowest BCUT2D eigenvalue weighted by atomic mass is 10.1. The first kappa shape index (κ1) is 36.5. The summed E-state index contributed by atoms with van der Waals surface area (Å²) in [6.07, 6.45) is 4.52. The number of aliphatic imine (C=N–C) groups is 1. The van der Waals surface area contributed by atoms with Gasteiger partial charge in [-0.3, -0.25) is 14.5 Å². The van der Waals surface area contributed by atoms with Gasteiger partial charge in [0.2, 0.25) is 0 Å². The van der Waals surface area contributed by atoms with Crippen molar-refractivity contribution in [1.82, 2.24) is 14.5 Å². The van der Waals surface area contributed by atoms with Gasteiger partial charge < -0.3 is 29.8 Å². The summed E-state index contributed by atoms with van der Waals surface area (Å²) in [6.45, 7) is 4.97. The van der Waals surface area contributed by atoms with Crippen LogP contribution in [0.15, 0.2) is 71.9 Å². The Morgan fingerprint density at radius 1 is 1.04 bits per heavy atom. The van der Waals surface area contributed by atoms with Crippen LogP contribution in [0.3, 0.4) is 0 Å². The van der Waals surface area contributed by atoms with E-state index in [1.807, 2.05) is 29.8 Å². The number of aryl methyl sites for hydroxylation is 1. The Hall–Kier alpha value is -5.30. The molecule has 0 saturated carbocycles. The fourth-order valence-electron chi connectivity index (χ4n) is 5.11. The molecule has 4 rings (SSSR count). The molecule has 13 nitrogen and oxygen atoms in total. The standard InChI is InChI=1S/C36H45N7O6/c1-5-6-7-10-21-48-36(46)41-34(37)26-12-15-28(16-13-26)39-23-32-40-29-22-27(14-17-30(29)42(32)3)35(45)43(31-11-8-9-19-38-31)20-18-33(44)49-25(2)24-47-4/h8-9,11-17,19,22,25,39H,5-7,10,18,20-21,23-24H2,1-4H3,(H2,37,41,46)/t25-/m1/s1. The van der Waals surface area contributed by atoms with E-state index in [4.69, 9.17) is 24.9 Å². The summed E-state index contributed by atoms with van der Waals surface area (Å²) < 4.78 is 17.5. The smallest absolute Gasteiger partial charge is 0.435 e. The molecule has 0 spiro atoms. The Labute approximate surface area is 286 Å². The van der Waals surface area contributed by atoms with Crippen LogP contribution in [0.1, 0.15) is 67.7 Å². The minimum Gasteiger partial charge on any atom is -0.460 e. The molecule has 2 amide bonds. The number of ether oxygens (including phenoxy) is 3. The Kier molecular flexibility index (Phi) is 13.6. The van der Waals surface area contributed by atoms with Crippen molar-refractivity contribution in [3.8, 4) is 0 Å². The van der Waals surface area contributed by atoms with E-state index in [0.717, 1.165) is 42.7 Å². The number of esters is 1. The number of nitrogens with zero attached hydrogens (tertiary/aromatic N) is 5. The van der Waals surface area contributed by atoms with Crippen molar-refractivity contribution in [3.05, 3.63) is 83.8 Å². The van der Waals surface area contributed by atoms with Crippen molar-refractivity contribution in [3.63, 3.8) is 0 Å². The fraction of sp³-hybridized carbons (Fsp3) is 0.389. The predicted octanol–water partition coefficient (Wildman–Crippen LogP) is 5.62. The van der Waals surface area contributed by atoms with E-state index in [2.05, 4.69) is 22.2 Å². The second-order valence-corrected chi connectivity index (χ2v) is 11.5. The number of nitrogens with two attached hydrogens (primary N) is 1. The number of benzene rings is 2. The summed E-state index contributed by atoms with van der Waals surface area (Å²) in [5, 5.41) is 3.35. The first-order valence-corrected chi connectivity index (χ1v) is 16.4. The van der Waals surface area contributed by atoms with Crippen LogP contribution in [0.5, 0.6) is 0 Å². The van der Waals surface area contributed by atoms with Gasteiger partial charge >= 0.3 is 12.1 Å². The summed E-state index contributed by atoms with van der Waals surface area (Å²) in [5.41, 5.74) is 9.36. The summed E-state index contributed by atoms with van der Waals surface area (Å²) in [6, 6.07) is 17.8. The summed E-state index contributed by atoms with van der Waals surface area (Å²) in [7, 11) is 3.45. The van der Waals surface area contributed by atoms with E-state index in [-0.39, 0.29) is 31.3 Å². The van der Waals surface area contributed by atoms with Crippen LogP contribution < -0.4 is 16.0 Å². The number of unbranched alkanes of at least 4 members (excludes halogenated alkanes) is 3. The van der Waals surface area contributed by atoms with E-state index in [9.17, 15) is 14.4 Å². The van der Waals surface area contributed by atoms with Gasteiger partial charge in [0.15, 0.2) is 0 Å². The second-order valence-electron chi connectivity index (χ2n) is 11.5. The number of amidine groups is 1. The first-order chi connectivity index (χ1) is 23.7. The zero-order valence-corrected chi connectivity index (χ0v) is 28.6. The third-order valence-electron chi connectivity index (χ3n) is 7.73. The van der Waals surface area contributed by atoms with Gasteiger partial charge in [0.05, 0.1) is 37.2 Å². The molecule has 0 radical (unpaired) electrons. The highest BCUT2D eigenvalue weighted by Gasteiger charge is 2.22. The van der Waals surface area contributed by atoms with Crippen molar-refractivity contribution in [1.29, 1.82) is 0 Å². The van der Waals surface area contributed by atoms with E-state index in [1.165, 1.54) is 12.0 Å². The number of hydrogen-bond donors (Lipinski definition) is 2. The van der Waals surface area contributed by atoms with Crippen LogP contribution in [0.4, 0.5) is 16.3 Å². The van der Waals surface area contributed by atoms with Crippen molar-refractivity contribution in [2.24, 2.45) is 17.8 Å². The van der Waals surface area contributed by atoms with E-state index in [1.54, 1.807) is 55.6 Å². The fourth-order valence-corrected chi connectivity index (χ4v) is 5.11. The van der Waals surface area contributed by atoms with Crippen molar-refractivity contribution < 1.29 is 28.6 Å². The maximum Gasteiger partial charge on any atom is 0.435 e. The molecule has 4 aromatic rings. The van der Waals surface area contributed by atoms with Crippen LogP contribution in [0, 0.1) is 0 Å². The number of pyridine rings is 1. The number of carbonyl (C=O) groups is 3. The highest BCUT2D eigenvalue weighted by atomic mass is 16.6. The van der Waals surface area contributed by atoms with Crippen LogP contribution in [0.25, 0.3) is 11.0 Å². The molecule has 2 aromatic carbocycles. The molecule has 49 heavy (non-hydrogen) atoms. The molecule has 0 aliphatic rings. The molecule has 0 aliphatic heterocycles. The van der Waals surface area contributed by atoms with E-state index >= 15 is 0 Å². The number of hydrogen-bond acceptors (Lipinski definition) is 9. The molecule has 1 atom stereocenters. The quantitative estimate of drug-likeness (QED) is 0.0624. The van der Waals surface area contributed by atoms with Gasteiger partial charge in [-0.05, 0) is 67.9 Å². The van der Waals surface area contributed by atoms with Gasteiger partial charge in [0, 0.05) is 43.7 Å². The minimum absolute atomic E-state index is 0.00980. The SMILES string of the molecule is CCCCCCOC(=O)/N=C(\N)c1ccc(NCc2nc3cc(C(=O)N(CCC(=O)O[C@H](C)COC)c4ccccn4)ccc3n2C)cc1. The lowest BCUT2D eigenvalue weighted by Crippen LogP contribution is -2.34. The molecule has 0 aliphatic carbocycles. The monoisotopic (exact) mass is 671 g/mol. The number of imidazole rings is 1. The van der Waals surface area contributed by atoms with Gasteiger partial charge in [0.1, 0.15) is 23.6 Å². The lowest BCUT2D eigenvalue weighted by Gasteiger charge is -2.22. The van der Waals surface area contributed by atoms with Gasteiger partial charge in [-0.1, -0.05) is 32.3 Å². The summed E-state index contributed by atoms with van der Waals surface area (Å²) in [4.78, 5) is 52.7. The Bertz CT molecular complexity index is 1720. The number of methoxy groups -OCH3 is 1. The summed E-state index contributed by atoms with van der Waals surface area (Å²) >= 11 is 0. The van der Waals surface area contributed by atoms with Crippen molar-refractivity contribution >= 4 is 46.3 Å². The molecule has 0 fully saturated rings. The second kappa shape index (κ2) is 18.3. The lowest BCUT2D eigenvalue weighted by molar-refractivity contribution is -0.150. The molecule has 0 bridgehead atoms. The van der Waals surface area contributed by atoms with Gasteiger partial charge in [-0.25, -0.2) is 14.8 Å². The van der Waals surface area contributed by atoms with Gasteiger partial charge in [0.25, 0.3) is 5.91 Å². The number of nitrogens with one attached hydrogen (secondary N) is 1. The number of anilines is 2. The van der Waals surface area contributed by atoms with Crippen LogP contribution >= 0.6 is 0 Å². The number of carbonyl (C=O) groups excluding carboxylic acids is 3. The highest BCUT2D eigenvalue weighted by Crippen LogP contribution is 2.21. The first-order valence-electron chi connectivity index (χ1n) is 16.4. The molecule has 13 heteroatoms. The zero-order chi connectivity index (χ0) is 35.2. The molecule has 0 saturated heterocycles. The predicted molar refractivity (Wildman–Crippen MR) is 189 cm³/mol. The average Bonchev–Trinajstić information content (AvgIpc) is 3.42. The third-order valence-corrected chi connectivity index (χ3v) is 7.73. The normalized spacial score (nSPS) is 12.0. The third kappa shape index (κ3) is 10.6. The Morgan fingerprint density at radius 2 is 1.82 bits per heavy atom. The molecular formula is C36H45N7O6. The highest BCUT2D eigenvalue weighted by molar-refractivity contribution is 6.07. The largest absolute Gasteiger partial charge is 0.460 e. The number of aromatic nitrogens is 3. The Balaban J connectivity index is 1.40. The molecule has 0 unspecified atom stereocenters. The maximum atomic E-state index is 13.8. The number of fused-ring (bicyclic) bond motifs is 1. The van der Waals surface area contributed by atoms with Crippen LogP contribution in [-0.2, 0) is 32.6 Å². The average molecular weight is 672 g/mol. The molecule has 2 heterocycles. The zero-order valence-electron chi connectivity index (χ0n) is 28.6. The summed E-state index contributed by atoms with van der Waals surface area (Å²) in [5.74, 6) is 0.514. The van der Waals surface area contributed by atoms with Crippen molar-refractivity contribution in [2.45, 2.75) is 58.6 Å². The van der Waals surface area contributed by atoms with Crippen LogP contribution in [-0.4, -0.2) is 71.3 Å². The molecule has 2 aromatic heterocycles. The molecule has 260 valence electrons. The minimum atomic E-state index is -0.694. The number of rotatable bonds is 17. The Morgan fingerprint density at radius 3 is 2.53 bits per heavy atom. The van der Waals surface area contributed by atoms with E-state index in [0.29, 0.717) is 35.6 Å². The van der Waals surface area contributed by atoms with E-state index < -0.39 is 18.2 Å². The van der Waals surface area contributed by atoms with Gasteiger partial charge in [-0.2, -0.15) is 4.99 Å². The van der Waals surface area contributed by atoms with Crippen molar-refractivity contribution in [2.75, 3.05) is 37.1 Å². The van der Waals surface area contributed by atoms with Gasteiger partial charge in [-0.15, -0.1) is 0 Å². The maximum absolute atomic E-state index is 13.8.